The molecule has 2 amide bonds. The minimum atomic E-state index is -0.367. The molecule has 0 unspecified atom stereocenters. The Hall–Kier alpha value is -3.68. The van der Waals surface area contributed by atoms with E-state index in [9.17, 15) is 14.4 Å². The first kappa shape index (κ1) is 20.6. The van der Waals surface area contributed by atoms with Gasteiger partial charge in [-0.3, -0.25) is 14.4 Å². The Morgan fingerprint density at radius 2 is 2.00 bits per heavy atom. The van der Waals surface area contributed by atoms with Crippen LogP contribution in [-0.2, 0) is 25.9 Å². The second-order valence-corrected chi connectivity index (χ2v) is 7.46. The number of benzene rings is 1. The van der Waals surface area contributed by atoms with Gasteiger partial charge in [-0.2, -0.15) is 0 Å². The average Bonchev–Trinajstić information content (AvgIpc) is 3.32. The third-order valence-electron chi connectivity index (χ3n) is 5.46. The molecule has 0 bridgehead atoms. The predicted molar refractivity (Wildman–Crippen MR) is 114 cm³/mol. The average molecular weight is 420 g/mol. The molecule has 8 nitrogen and oxygen atoms in total. The lowest BCUT2D eigenvalue weighted by molar-refractivity contribution is 0.0723. The fraction of sp³-hybridized carbons (Fsp3) is 0.304. The summed E-state index contributed by atoms with van der Waals surface area (Å²) in [4.78, 5) is 40.3. The molecule has 0 aliphatic carbocycles. The summed E-state index contributed by atoms with van der Waals surface area (Å²) in [5.41, 5.74) is 2.75. The van der Waals surface area contributed by atoms with Gasteiger partial charge in [0, 0.05) is 38.4 Å². The molecular weight excluding hydrogens is 396 g/mol. The van der Waals surface area contributed by atoms with Gasteiger partial charge in [-0.15, -0.1) is 0 Å². The number of nitrogens with one attached hydrogen (secondary N) is 1. The van der Waals surface area contributed by atoms with Gasteiger partial charge < -0.3 is 19.3 Å². The Balaban J connectivity index is 1.68. The molecule has 1 aromatic carbocycles. The molecule has 0 fully saturated rings. The number of carbonyl (C=O) groups excluding carboxylic acids is 2. The topological polar surface area (TPSA) is 97.4 Å². The zero-order valence-electron chi connectivity index (χ0n) is 17.3. The minimum absolute atomic E-state index is 0.181. The number of amides is 2. The Morgan fingerprint density at radius 3 is 2.71 bits per heavy atom. The lowest BCUT2D eigenvalue weighted by Gasteiger charge is -2.30. The van der Waals surface area contributed by atoms with Crippen molar-refractivity contribution in [3.05, 3.63) is 87.2 Å². The van der Waals surface area contributed by atoms with Crippen LogP contribution in [0.15, 0.2) is 58.2 Å². The molecule has 0 spiro atoms. The van der Waals surface area contributed by atoms with Gasteiger partial charge in [-0.05, 0) is 36.5 Å². The summed E-state index contributed by atoms with van der Waals surface area (Å²) in [6, 6.07) is 11.4. The van der Waals surface area contributed by atoms with E-state index in [4.69, 9.17) is 4.52 Å². The van der Waals surface area contributed by atoms with Crippen LogP contribution in [0.2, 0.25) is 0 Å². The number of aromatic nitrogens is 2. The van der Waals surface area contributed by atoms with Crippen molar-refractivity contribution in [1.82, 2.24) is 19.9 Å². The van der Waals surface area contributed by atoms with Gasteiger partial charge in [0.05, 0.1) is 0 Å². The van der Waals surface area contributed by atoms with Gasteiger partial charge in [-0.1, -0.05) is 35.5 Å². The highest BCUT2D eigenvalue weighted by molar-refractivity contribution is 5.96. The van der Waals surface area contributed by atoms with Crippen molar-refractivity contribution in [2.24, 2.45) is 0 Å². The van der Waals surface area contributed by atoms with Crippen LogP contribution in [0.3, 0.4) is 0 Å². The second kappa shape index (κ2) is 8.99. The predicted octanol–water partition coefficient (Wildman–Crippen LogP) is 2.03. The van der Waals surface area contributed by atoms with Gasteiger partial charge in [0.1, 0.15) is 11.8 Å². The normalized spacial score (nSPS) is 13.0. The van der Waals surface area contributed by atoms with Gasteiger partial charge in [-0.25, -0.2) is 0 Å². The van der Waals surface area contributed by atoms with E-state index in [1.165, 1.54) is 12.3 Å². The van der Waals surface area contributed by atoms with E-state index in [-0.39, 0.29) is 28.6 Å². The maximum atomic E-state index is 13.2. The van der Waals surface area contributed by atoms with E-state index in [0.717, 1.165) is 16.7 Å². The Kier molecular flexibility index (Phi) is 5.97. The van der Waals surface area contributed by atoms with Crippen LogP contribution >= 0.6 is 0 Å². The molecule has 2 aromatic heterocycles. The number of fused-ring (bicyclic) bond motifs is 1. The quantitative estimate of drug-likeness (QED) is 0.658. The van der Waals surface area contributed by atoms with Crippen molar-refractivity contribution in [2.45, 2.75) is 32.9 Å². The van der Waals surface area contributed by atoms with Gasteiger partial charge in [0.2, 0.25) is 0 Å². The zero-order chi connectivity index (χ0) is 21.8. The lowest BCUT2D eigenvalue weighted by atomic mass is 9.95. The molecule has 1 N–H and O–H groups in total. The van der Waals surface area contributed by atoms with Crippen LogP contribution < -0.4 is 10.9 Å². The summed E-state index contributed by atoms with van der Waals surface area (Å²) in [5.74, 6) is -0.602. The van der Waals surface area contributed by atoms with Crippen LogP contribution in [0.4, 0.5) is 0 Å². The largest absolute Gasteiger partial charge is 0.364 e. The lowest BCUT2D eigenvalue weighted by Crippen LogP contribution is -2.41. The molecule has 0 radical (unpaired) electrons. The Morgan fingerprint density at radius 1 is 1.19 bits per heavy atom. The number of rotatable bonds is 6. The molecule has 160 valence electrons. The Labute approximate surface area is 179 Å². The van der Waals surface area contributed by atoms with Crippen LogP contribution in [0.5, 0.6) is 0 Å². The first-order chi connectivity index (χ1) is 15.1. The first-order valence-electron chi connectivity index (χ1n) is 10.4. The summed E-state index contributed by atoms with van der Waals surface area (Å²) in [7, 11) is 0. The molecule has 4 rings (SSSR count). The monoisotopic (exact) mass is 420 g/mol. The first-order valence-corrected chi connectivity index (χ1v) is 10.4. The van der Waals surface area contributed by atoms with Crippen LogP contribution in [0.25, 0.3) is 0 Å². The van der Waals surface area contributed by atoms with E-state index in [0.29, 0.717) is 39.0 Å². The summed E-state index contributed by atoms with van der Waals surface area (Å²) in [5, 5.41) is 6.48. The molecule has 3 aromatic rings. The molecule has 0 saturated carbocycles. The van der Waals surface area contributed by atoms with Crippen LogP contribution in [0, 0.1) is 0 Å². The summed E-state index contributed by atoms with van der Waals surface area (Å²) < 4.78 is 6.37. The van der Waals surface area contributed by atoms with Crippen molar-refractivity contribution < 1.29 is 14.1 Å². The number of pyridine rings is 1. The molecule has 1 aliphatic rings. The summed E-state index contributed by atoms with van der Waals surface area (Å²) >= 11 is 0. The van der Waals surface area contributed by atoms with E-state index >= 15 is 0 Å². The van der Waals surface area contributed by atoms with Gasteiger partial charge in [0.15, 0.2) is 5.69 Å². The third kappa shape index (κ3) is 4.28. The zero-order valence-corrected chi connectivity index (χ0v) is 17.3. The second-order valence-electron chi connectivity index (χ2n) is 7.46. The van der Waals surface area contributed by atoms with Crippen molar-refractivity contribution in [3.8, 4) is 0 Å². The van der Waals surface area contributed by atoms with Crippen molar-refractivity contribution in [3.63, 3.8) is 0 Å². The Bertz CT molecular complexity index is 1140. The summed E-state index contributed by atoms with van der Waals surface area (Å²) in [6.45, 7) is 3.40. The molecule has 8 heteroatoms. The smallest absolute Gasteiger partial charge is 0.276 e. The SMILES string of the molecule is CCNC(=O)c1c2c(cn(CCc3ccccc3)c1=O)CN(C(=O)c1ccon1)CC2. The standard InChI is InChI=1S/C23H24N4O4/c1-2-24-21(28)20-18-9-12-26(22(29)19-10-13-31-25-19)14-17(18)15-27(23(20)30)11-8-16-6-4-3-5-7-16/h3-7,10,13,15H,2,8-9,11-12,14H2,1H3,(H,24,28). The van der Waals surface area contributed by atoms with E-state index < -0.39 is 0 Å². The number of nitrogens with zero attached hydrogens (tertiary/aromatic N) is 3. The maximum absolute atomic E-state index is 13.2. The highest BCUT2D eigenvalue weighted by Gasteiger charge is 2.29. The fourth-order valence-electron chi connectivity index (χ4n) is 3.91. The fourth-order valence-corrected chi connectivity index (χ4v) is 3.91. The van der Waals surface area contributed by atoms with Crippen molar-refractivity contribution >= 4 is 11.8 Å². The van der Waals surface area contributed by atoms with Gasteiger partial charge >= 0.3 is 0 Å². The van der Waals surface area contributed by atoms with Crippen molar-refractivity contribution in [2.75, 3.05) is 13.1 Å². The highest BCUT2D eigenvalue weighted by Crippen LogP contribution is 2.22. The highest BCUT2D eigenvalue weighted by atomic mass is 16.5. The molecule has 31 heavy (non-hydrogen) atoms. The summed E-state index contributed by atoms with van der Waals surface area (Å²) in [6.07, 6.45) is 4.24. The third-order valence-corrected chi connectivity index (χ3v) is 5.46. The molecule has 0 atom stereocenters. The number of hydrogen-bond acceptors (Lipinski definition) is 5. The maximum Gasteiger partial charge on any atom is 0.276 e. The molecule has 3 heterocycles. The number of carbonyl (C=O) groups is 2. The van der Waals surface area contributed by atoms with Crippen LogP contribution in [-0.4, -0.2) is 39.5 Å². The minimum Gasteiger partial charge on any atom is -0.364 e. The molecule has 1 aliphatic heterocycles. The van der Waals surface area contributed by atoms with E-state index in [2.05, 4.69) is 10.5 Å². The number of aryl methyl sites for hydroxylation is 2. The van der Waals surface area contributed by atoms with Gasteiger partial charge in [0.25, 0.3) is 17.4 Å². The van der Waals surface area contributed by atoms with Crippen LogP contribution in [0.1, 0.15) is 44.5 Å². The molecular formula is C23H24N4O4. The van der Waals surface area contributed by atoms with E-state index in [1.807, 2.05) is 37.3 Å². The number of hydrogen-bond donors (Lipinski definition) is 1. The van der Waals surface area contributed by atoms with Crippen molar-refractivity contribution in [1.29, 1.82) is 0 Å². The van der Waals surface area contributed by atoms with E-state index in [1.54, 1.807) is 15.7 Å². The molecule has 0 saturated heterocycles.